The Balaban J connectivity index is 1.59. The van der Waals surface area contributed by atoms with Crippen LogP contribution in [0.4, 0.5) is 5.13 Å². The summed E-state index contributed by atoms with van der Waals surface area (Å²) in [5, 5.41) is 2.30. The molecule has 0 fully saturated rings. The quantitative estimate of drug-likeness (QED) is 0.488. The van der Waals surface area contributed by atoms with Gasteiger partial charge in [-0.1, -0.05) is 18.2 Å². The zero-order valence-corrected chi connectivity index (χ0v) is 13.5. The number of guanidine groups is 1. The number of carbonyl (C=O) groups is 2. The molecule has 1 aliphatic rings. The highest BCUT2D eigenvalue weighted by Crippen LogP contribution is 2.23. The second-order valence-electron chi connectivity index (χ2n) is 5.09. The van der Waals surface area contributed by atoms with Gasteiger partial charge in [0, 0.05) is 11.9 Å². The lowest BCUT2D eigenvalue weighted by Crippen LogP contribution is -2.30. The summed E-state index contributed by atoms with van der Waals surface area (Å²) in [4.78, 5) is 33.8. The van der Waals surface area contributed by atoms with Crippen LogP contribution in [0.25, 0.3) is 6.08 Å². The van der Waals surface area contributed by atoms with Crippen molar-refractivity contribution >= 4 is 40.3 Å². The van der Waals surface area contributed by atoms with Crippen LogP contribution < -0.4 is 11.5 Å². The van der Waals surface area contributed by atoms with Crippen molar-refractivity contribution in [1.29, 1.82) is 0 Å². The number of hydrogen-bond acceptors (Lipinski definition) is 5. The number of benzene rings is 1. The predicted octanol–water partition coefficient (Wildman–Crippen LogP) is 1.75. The van der Waals surface area contributed by atoms with Gasteiger partial charge < -0.3 is 11.5 Å². The fourth-order valence-electron chi connectivity index (χ4n) is 2.36. The molecule has 0 unspecified atom stereocenters. The van der Waals surface area contributed by atoms with Gasteiger partial charge in [0.1, 0.15) is 0 Å². The number of amides is 2. The van der Waals surface area contributed by atoms with Crippen molar-refractivity contribution in [3.8, 4) is 0 Å². The highest BCUT2D eigenvalue weighted by atomic mass is 32.1. The first-order chi connectivity index (χ1) is 11.6. The van der Waals surface area contributed by atoms with E-state index in [1.807, 2.05) is 11.5 Å². The van der Waals surface area contributed by atoms with E-state index in [9.17, 15) is 9.59 Å². The van der Waals surface area contributed by atoms with Crippen LogP contribution in [-0.4, -0.2) is 34.2 Å². The van der Waals surface area contributed by atoms with Crippen LogP contribution >= 0.6 is 11.3 Å². The molecule has 7 nitrogen and oxygen atoms in total. The summed E-state index contributed by atoms with van der Waals surface area (Å²) in [5.41, 5.74) is 12.2. The summed E-state index contributed by atoms with van der Waals surface area (Å²) >= 11 is 1.33. The van der Waals surface area contributed by atoms with Crippen molar-refractivity contribution in [3.63, 3.8) is 0 Å². The smallest absolute Gasteiger partial charge is 0.261 e. The average molecular weight is 341 g/mol. The molecular formula is C16H15N5O2S. The summed E-state index contributed by atoms with van der Waals surface area (Å²) in [6, 6.07) is 6.85. The molecule has 8 heteroatoms. The van der Waals surface area contributed by atoms with Crippen molar-refractivity contribution in [2.24, 2.45) is 16.5 Å². The normalized spacial score (nSPS) is 13.6. The Hall–Kier alpha value is -3.00. The molecule has 1 aliphatic heterocycles. The minimum Gasteiger partial charge on any atom is -0.370 e. The summed E-state index contributed by atoms with van der Waals surface area (Å²) in [5.74, 6) is -0.522. The zero-order valence-electron chi connectivity index (χ0n) is 12.7. The third-order valence-corrected chi connectivity index (χ3v) is 4.17. The Morgan fingerprint density at radius 1 is 1.21 bits per heavy atom. The van der Waals surface area contributed by atoms with E-state index in [4.69, 9.17) is 11.5 Å². The maximum Gasteiger partial charge on any atom is 0.261 e. The van der Waals surface area contributed by atoms with Crippen molar-refractivity contribution in [3.05, 3.63) is 52.5 Å². The van der Waals surface area contributed by atoms with Crippen molar-refractivity contribution in [2.45, 2.75) is 6.42 Å². The first-order valence-corrected chi connectivity index (χ1v) is 8.11. The van der Waals surface area contributed by atoms with E-state index in [1.54, 1.807) is 30.3 Å². The van der Waals surface area contributed by atoms with Gasteiger partial charge in [0.25, 0.3) is 11.8 Å². The number of rotatable bonds is 5. The monoisotopic (exact) mass is 341 g/mol. The SMILES string of the molecule is NC(N)=Nc1nc(/C=C/CCN2C(=O)c3ccccc3C2=O)cs1. The standard InChI is InChI=1S/C16H15N5O2S/c17-15(18)20-16-19-10(9-24-16)5-3-4-8-21-13(22)11-6-1-2-7-12(11)14(21)23/h1-3,5-7,9H,4,8H2,(H4,17,18,19,20)/b5-3+. The van der Waals surface area contributed by atoms with E-state index in [1.165, 1.54) is 16.2 Å². The van der Waals surface area contributed by atoms with E-state index in [2.05, 4.69) is 9.98 Å². The topological polar surface area (TPSA) is 115 Å². The van der Waals surface area contributed by atoms with Gasteiger partial charge >= 0.3 is 0 Å². The fourth-order valence-corrected chi connectivity index (χ4v) is 3.04. The molecule has 0 saturated carbocycles. The Bertz CT molecular complexity index is 817. The van der Waals surface area contributed by atoms with Gasteiger partial charge in [-0.05, 0) is 24.6 Å². The average Bonchev–Trinajstić information content (AvgIpc) is 3.09. The molecule has 4 N–H and O–H groups in total. The molecule has 2 amide bonds. The van der Waals surface area contributed by atoms with Gasteiger partial charge in [-0.3, -0.25) is 14.5 Å². The summed E-state index contributed by atoms with van der Waals surface area (Å²) in [6.45, 7) is 0.327. The molecule has 0 spiro atoms. The molecule has 2 heterocycles. The van der Waals surface area contributed by atoms with Crippen molar-refractivity contribution in [1.82, 2.24) is 9.88 Å². The van der Waals surface area contributed by atoms with Crippen LogP contribution in [0.3, 0.4) is 0 Å². The lowest BCUT2D eigenvalue weighted by molar-refractivity contribution is 0.0657. The van der Waals surface area contributed by atoms with E-state index in [-0.39, 0.29) is 17.8 Å². The molecule has 24 heavy (non-hydrogen) atoms. The first-order valence-electron chi connectivity index (χ1n) is 7.23. The Morgan fingerprint density at radius 2 is 1.88 bits per heavy atom. The van der Waals surface area contributed by atoms with Crippen LogP contribution in [0.1, 0.15) is 32.8 Å². The van der Waals surface area contributed by atoms with Crippen LogP contribution in [0.2, 0.25) is 0 Å². The molecule has 0 bridgehead atoms. The molecule has 0 saturated heterocycles. The van der Waals surface area contributed by atoms with Crippen LogP contribution in [-0.2, 0) is 0 Å². The Kier molecular flexibility index (Phi) is 4.39. The number of hydrogen-bond donors (Lipinski definition) is 2. The summed E-state index contributed by atoms with van der Waals surface area (Å²) < 4.78 is 0. The predicted molar refractivity (Wildman–Crippen MR) is 93.0 cm³/mol. The number of carbonyl (C=O) groups excluding carboxylic acids is 2. The van der Waals surface area contributed by atoms with Gasteiger partial charge in [0.05, 0.1) is 16.8 Å². The Labute approximate surface area is 142 Å². The minimum atomic E-state index is -0.243. The highest BCUT2D eigenvalue weighted by molar-refractivity contribution is 7.13. The van der Waals surface area contributed by atoms with Gasteiger partial charge in [-0.2, -0.15) is 4.99 Å². The second kappa shape index (κ2) is 6.63. The highest BCUT2D eigenvalue weighted by Gasteiger charge is 2.34. The third-order valence-electron chi connectivity index (χ3n) is 3.42. The van der Waals surface area contributed by atoms with Gasteiger partial charge in [0.15, 0.2) is 5.96 Å². The number of aromatic nitrogens is 1. The molecule has 3 rings (SSSR count). The number of nitrogens with zero attached hydrogens (tertiary/aromatic N) is 3. The number of aliphatic imine (C=N–C) groups is 1. The first kappa shape index (κ1) is 15.9. The maximum atomic E-state index is 12.2. The molecule has 0 aliphatic carbocycles. The lowest BCUT2D eigenvalue weighted by atomic mass is 10.1. The molecule has 2 aromatic rings. The van der Waals surface area contributed by atoms with Crippen molar-refractivity contribution in [2.75, 3.05) is 6.54 Å². The lowest BCUT2D eigenvalue weighted by Gasteiger charge is -2.11. The largest absolute Gasteiger partial charge is 0.370 e. The van der Waals surface area contributed by atoms with E-state index in [0.717, 1.165) is 5.69 Å². The number of fused-ring (bicyclic) bond motifs is 1. The number of thiazole rings is 1. The van der Waals surface area contributed by atoms with Gasteiger partial charge in [-0.15, -0.1) is 11.3 Å². The minimum absolute atomic E-state index is 0.0366. The van der Waals surface area contributed by atoms with Crippen molar-refractivity contribution < 1.29 is 9.59 Å². The fraction of sp³-hybridized carbons (Fsp3) is 0.125. The zero-order chi connectivity index (χ0) is 17.1. The Morgan fingerprint density at radius 3 is 2.50 bits per heavy atom. The van der Waals surface area contributed by atoms with Gasteiger partial charge in [-0.25, -0.2) is 4.98 Å². The molecule has 0 atom stereocenters. The number of imide groups is 1. The molecule has 1 aromatic carbocycles. The van der Waals surface area contributed by atoms with Crippen LogP contribution in [0.15, 0.2) is 40.7 Å². The summed E-state index contributed by atoms with van der Waals surface area (Å²) in [6.07, 6.45) is 4.21. The molecule has 0 radical (unpaired) electrons. The molecule has 1 aromatic heterocycles. The van der Waals surface area contributed by atoms with E-state index in [0.29, 0.717) is 29.2 Å². The molecular weight excluding hydrogens is 326 g/mol. The van der Waals surface area contributed by atoms with Gasteiger partial charge in [0.2, 0.25) is 5.13 Å². The van der Waals surface area contributed by atoms with E-state index >= 15 is 0 Å². The third kappa shape index (κ3) is 3.18. The molecule has 122 valence electrons. The second-order valence-corrected chi connectivity index (χ2v) is 5.93. The van der Waals surface area contributed by atoms with Crippen LogP contribution in [0, 0.1) is 0 Å². The maximum absolute atomic E-state index is 12.2. The van der Waals surface area contributed by atoms with Crippen LogP contribution in [0.5, 0.6) is 0 Å². The number of nitrogens with two attached hydrogens (primary N) is 2. The van der Waals surface area contributed by atoms with E-state index < -0.39 is 0 Å². The summed E-state index contributed by atoms with van der Waals surface area (Å²) in [7, 11) is 0.